The number of carbonyl (C=O) groups excluding carboxylic acids is 1. The highest BCUT2D eigenvalue weighted by molar-refractivity contribution is 7.92. The average Bonchev–Trinajstić information content (AvgIpc) is 2.80. The second kappa shape index (κ2) is 10.3. The van der Waals surface area contributed by atoms with Gasteiger partial charge in [0.15, 0.2) is 6.61 Å². The van der Waals surface area contributed by atoms with Crippen molar-refractivity contribution >= 4 is 44.6 Å². The van der Waals surface area contributed by atoms with E-state index in [2.05, 4.69) is 5.32 Å². The summed E-state index contributed by atoms with van der Waals surface area (Å²) in [6.07, 6.45) is 0. The topological polar surface area (TPSA) is 119 Å². The third kappa shape index (κ3) is 5.79. The number of nitrogens with zero attached hydrogens (tertiary/aromatic N) is 2. The van der Waals surface area contributed by atoms with E-state index in [0.717, 1.165) is 0 Å². The first-order valence-corrected chi connectivity index (χ1v) is 11.6. The molecule has 0 aliphatic carbocycles. The van der Waals surface area contributed by atoms with E-state index in [9.17, 15) is 23.3 Å². The zero-order valence-corrected chi connectivity index (χ0v) is 19.0. The summed E-state index contributed by atoms with van der Waals surface area (Å²) < 4.78 is 33.0. The molecule has 0 aliphatic rings. The van der Waals surface area contributed by atoms with Crippen molar-refractivity contribution < 1.29 is 22.9 Å². The SMILES string of the molecule is CCN(c1ccccc1)S(=O)(=O)c1ccc(Cl)c(NC(=O)COc2ccc([N+](=O)[O-])cc2)c1. The highest BCUT2D eigenvalue weighted by atomic mass is 35.5. The minimum absolute atomic E-state index is 0.0378. The second-order valence-corrected chi connectivity index (χ2v) is 9.00. The first-order chi connectivity index (χ1) is 15.7. The molecule has 33 heavy (non-hydrogen) atoms. The number of amides is 1. The molecule has 11 heteroatoms. The number of ether oxygens (including phenoxy) is 1. The molecule has 0 unspecified atom stereocenters. The maximum atomic E-state index is 13.2. The quantitative estimate of drug-likeness (QED) is 0.349. The van der Waals surface area contributed by atoms with Crippen LogP contribution in [0, 0.1) is 10.1 Å². The van der Waals surface area contributed by atoms with Gasteiger partial charge in [-0.2, -0.15) is 0 Å². The number of hydrogen-bond acceptors (Lipinski definition) is 6. The maximum absolute atomic E-state index is 13.2. The lowest BCUT2D eigenvalue weighted by molar-refractivity contribution is -0.384. The van der Waals surface area contributed by atoms with Crippen molar-refractivity contribution in [3.05, 3.63) is 87.9 Å². The summed E-state index contributed by atoms with van der Waals surface area (Å²) in [6.45, 7) is 1.52. The molecule has 0 saturated carbocycles. The van der Waals surface area contributed by atoms with Gasteiger partial charge in [0, 0.05) is 18.7 Å². The van der Waals surface area contributed by atoms with E-state index in [1.54, 1.807) is 37.3 Å². The van der Waals surface area contributed by atoms with E-state index < -0.39 is 27.5 Å². The van der Waals surface area contributed by atoms with Gasteiger partial charge in [0.25, 0.3) is 21.6 Å². The number of benzene rings is 3. The number of para-hydroxylation sites is 1. The van der Waals surface area contributed by atoms with Gasteiger partial charge in [-0.1, -0.05) is 29.8 Å². The Bertz CT molecular complexity index is 1250. The summed E-state index contributed by atoms with van der Waals surface area (Å²) in [5, 5.41) is 13.4. The lowest BCUT2D eigenvalue weighted by atomic mass is 10.3. The van der Waals surface area contributed by atoms with Crippen molar-refractivity contribution in [2.24, 2.45) is 0 Å². The Morgan fingerprint density at radius 1 is 1.09 bits per heavy atom. The molecule has 0 aliphatic heterocycles. The Morgan fingerprint density at radius 3 is 2.36 bits per heavy atom. The normalized spacial score (nSPS) is 11.0. The Hall–Kier alpha value is -3.63. The third-order valence-corrected chi connectivity index (χ3v) is 6.78. The third-order valence-electron chi connectivity index (χ3n) is 4.55. The van der Waals surface area contributed by atoms with Crippen LogP contribution in [0.25, 0.3) is 0 Å². The largest absolute Gasteiger partial charge is 0.484 e. The minimum atomic E-state index is -3.91. The molecule has 0 atom stereocenters. The first kappa shape index (κ1) is 24.0. The molecule has 0 spiro atoms. The zero-order chi connectivity index (χ0) is 24.0. The van der Waals surface area contributed by atoms with Crippen LogP contribution in [0.1, 0.15) is 6.92 Å². The summed E-state index contributed by atoms with van der Waals surface area (Å²) >= 11 is 6.16. The summed E-state index contributed by atoms with van der Waals surface area (Å²) in [5.41, 5.74) is 0.518. The molecule has 0 fully saturated rings. The predicted molar refractivity (Wildman–Crippen MR) is 125 cm³/mol. The van der Waals surface area contributed by atoms with Crippen LogP contribution in [-0.4, -0.2) is 32.4 Å². The fourth-order valence-corrected chi connectivity index (χ4v) is 4.64. The van der Waals surface area contributed by atoms with Crippen molar-refractivity contribution in [1.82, 2.24) is 0 Å². The lowest BCUT2D eigenvalue weighted by Gasteiger charge is -2.23. The first-order valence-electron chi connectivity index (χ1n) is 9.77. The Kier molecular flexibility index (Phi) is 7.52. The number of nitro benzene ring substituents is 1. The molecule has 0 heterocycles. The second-order valence-electron chi connectivity index (χ2n) is 6.73. The molecule has 0 radical (unpaired) electrons. The molecule has 0 saturated heterocycles. The Morgan fingerprint density at radius 2 is 1.76 bits per heavy atom. The van der Waals surface area contributed by atoms with Gasteiger partial charge in [0.2, 0.25) is 0 Å². The van der Waals surface area contributed by atoms with E-state index in [4.69, 9.17) is 16.3 Å². The van der Waals surface area contributed by atoms with Crippen LogP contribution in [0.3, 0.4) is 0 Å². The highest BCUT2D eigenvalue weighted by Gasteiger charge is 2.24. The lowest BCUT2D eigenvalue weighted by Crippen LogP contribution is -2.30. The van der Waals surface area contributed by atoms with E-state index in [1.807, 2.05) is 0 Å². The summed E-state index contributed by atoms with van der Waals surface area (Å²) in [6, 6.07) is 17.9. The van der Waals surface area contributed by atoms with Gasteiger partial charge in [-0.05, 0) is 49.4 Å². The van der Waals surface area contributed by atoms with Crippen LogP contribution in [0.4, 0.5) is 17.1 Å². The maximum Gasteiger partial charge on any atom is 0.269 e. The molecule has 0 bridgehead atoms. The number of nitrogens with one attached hydrogen (secondary N) is 1. The van der Waals surface area contributed by atoms with Crippen LogP contribution in [0.15, 0.2) is 77.7 Å². The average molecular weight is 490 g/mol. The molecule has 3 aromatic rings. The monoisotopic (exact) mass is 489 g/mol. The minimum Gasteiger partial charge on any atom is -0.484 e. The number of anilines is 2. The summed E-state index contributed by atoms with van der Waals surface area (Å²) in [4.78, 5) is 22.4. The van der Waals surface area contributed by atoms with Gasteiger partial charge < -0.3 is 10.1 Å². The van der Waals surface area contributed by atoms with Crippen LogP contribution < -0.4 is 14.4 Å². The molecule has 3 rings (SSSR count). The molecule has 9 nitrogen and oxygen atoms in total. The smallest absolute Gasteiger partial charge is 0.269 e. The summed E-state index contributed by atoms with van der Waals surface area (Å²) in [5.74, 6) is -0.320. The fourth-order valence-electron chi connectivity index (χ4n) is 2.97. The van der Waals surface area contributed by atoms with Crippen LogP contribution >= 0.6 is 11.6 Å². The molecule has 1 N–H and O–H groups in total. The van der Waals surface area contributed by atoms with Crippen molar-refractivity contribution in [3.63, 3.8) is 0 Å². The number of rotatable bonds is 9. The number of halogens is 1. The molecule has 3 aromatic carbocycles. The van der Waals surface area contributed by atoms with Crippen molar-refractivity contribution in [2.45, 2.75) is 11.8 Å². The number of non-ortho nitro benzene ring substituents is 1. The van der Waals surface area contributed by atoms with Gasteiger partial charge in [0.05, 0.1) is 26.2 Å². The molecule has 172 valence electrons. The number of nitro groups is 1. The van der Waals surface area contributed by atoms with Gasteiger partial charge >= 0.3 is 0 Å². The fraction of sp³-hybridized carbons (Fsp3) is 0.136. The Labute approximate surface area is 195 Å². The summed E-state index contributed by atoms with van der Waals surface area (Å²) in [7, 11) is -3.91. The van der Waals surface area contributed by atoms with Crippen molar-refractivity contribution in [2.75, 3.05) is 22.8 Å². The van der Waals surface area contributed by atoms with Crippen molar-refractivity contribution in [3.8, 4) is 5.75 Å². The number of sulfonamides is 1. The van der Waals surface area contributed by atoms with Gasteiger partial charge in [-0.15, -0.1) is 0 Å². The van der Waals surface area contributed by atoms with E-state index in [-0.39, 0.29) is 33.6 Å². The van der Waals surface area contributed by atoms with Crippen LogP contribution in [-0.2, 0) is 14.8 Å². The molecule has 1 amide bonds. The van der Waals surface area contributed by atoms with E-state index in [0.29, 0.717) is 5.69 Å². The van der Waals surface area contributed by atoms with E-state index in [1.165, 1.54) is 46.8 Å². The van der Waals surface area contributed by atoms with E-state index >= 15 is 0 Å². The zero-order valence-electron chi connectivity index (χ0n) is 17.5. The number of hydrogen-bond donors (Lipinski definition) is 1. The van der Waals surface area contributed by atoms with Crippen LogP contribution in [0.5, 0.6) is 5.75 Å². The highest BCUT2D eigenvalue weighted by Crippen LogP contribution is 2.29. The van der Waals surface area contributed by atoms with Gasteiger partial charge in [-0.3, -0.25) is 19.2 Å². The molecular weight excluding hydrogens is 470 g/mol. The van der Waals surface area contributed by atoms with Crippen molar-refractivity contribution in [1.29, 1.82) is 0 Å². The van der Waals surface area contributed by atoms with Gasteiger partial charge in [-0.25, -0.2) is 8.42 Å². The number of carbonyl (C=O) groups is 1. The predicted octanol–water partition coefficient (Wildman–Crippen LogP) is 4.48. The van der Waals surface area contributed by atoms with Gasteiger partial charge in [0.1, 0.15) is 5.75 Å². The van der Waals surface area contributed by atoms with Crippen LogP contribution in [0.2, 0.25) is 5.02 Å². The Balaban J connectivity index is 1.74. The molecule has 0 aromatic heterocycles. The standard InChI is InChI=1S/C22H20ClN3O6S/c1-2-25(16-6-4-3-5-7-16)33(30,31)19-12-13-20(23)21(14-19)24-22(27)15-32-18-10-8-17(9-11-18)26(28)29/h3-14H,2,15H2,1H3,(H,24,27). The molecular formula is C22H20ClN3O6S.